The highest BCUT2D eigenvalue weighted by Crippen LogP contribution is 2.37. The molecule has 136 valence electrons. The number of anilines is 1. The molecule has 1 aromatic rings. The summed E-state index contributed by atoms with van der Waals surface area (Å²) in [5, 5.41) is 2.99. The van der Waals surface area contributed by atoms with E-state index < -0.39 is 0 Å². The lowest BCUT2D eigenvalue weighted by atomic mass is 9.85. The first kappa shape index (κ1) is 21.1. The molecule has 1 fully saturated rings. The van der Waals surface area contributed by atoms with Crippen molar-refractivity contribution >= 4 is 39.9 Å². The van der Waals surface area contributed by atoms with E-state index in [0.717, 1.165) is 30.2 Å². The maximum Gasteiger partial charge on any atom is 0.227 e. The minimum Gasteiger partial charge on any atom is -0.490 e. The summed E-state index contributed by atoms with van der Waals surface area (Å²) >= 11 is 3.49. The van der Waals surface area contributed by atoms with Gasteiger partial charge in [0.1, 0.15) is 0 Å². The molecule has 1 aliphatic rings. The molecule has 7 heteroatoms. The molecule has 24 heavy (non-hydrogen) atoms. The second kappa shape index (κ2) is 10.1. The van der Waals surface area contributed by atoms with Gasteiger partial charge in [-0.3, -0.25) is 4.79 Å². The summed E-state index contributed by atoms with van der Waals surface area (Å²) in [4.78, 5) is 12.5. The Balaban J connectivity index is 0.00000288. The van der Waals surface area contributed by atoms with Gasteiger partial charge in [0.05, 0.1) is 18.9 Å². The van der Waals surface area contributed by atoms with Gasteiger partial charge in [0, 0.05) is 28.6 Å². The number of carbonyl (C=O) groups is 1. The molecule has 0 heterocycles. The average Bonchev–Trinajstić information content (AvgIpc) is 2.52. The molecule has 0 radical (unpaired) electrons. The normalized spacial score (nSPS) is 20.0. The predicted octanol–water partition coefficient (Wildman–Crippen LogP) is 4.12. The summed E-state index contributed by atoms with van der Waals surface area (Å²) in [7, 11) is 0. The van der Waals surface area contributed by atoms with Crippen LogP contribution in [0.4, 0.5) is 5.69 Å². The Bertz CT molecular complexity index is 557. The molecule has 0 aromatic heterocycles. The first-order valence-corrected chi connectivity index (χ1v) is 9.00. The molecule has 2 atom stereocenters. The summed E-state index contributed by atoms with van der Waals surface area (Å²) in [6.45, 7) is 4.93. The van der Waals surface area contributed by atoms with E-state index in [9.17, 15) is 4.79 Å². The van der Waals surface area contributed by atoms with Crippen LogP contribution in [0.3, 0.4) is 0 Å². The average molecular weight is 422 g/mol. The molecule has 1 saturated carbocycles. The van der Waals surface area contributed by atoms with Crippen LogP contribution in [0.25, 0.3) is 0 Å². The number of hydrogen-bond acceptors (Lipinski definition) is 4. The summed E-state index contributed by atoms with van der Waals surface area (Å²) in [5.74, 6) is 1.30. The van der Waals surface area contributed by atoms with Gasteiger partial charge in [-0.15, -0.1) is 12.4 Å². The molecule has 1 aliphatic carbocycles. The van der Waals surface area contributed by atoms with Crippen LogP contribution in [-0.4, -0.2) is 25.2 Å². The van der Waals surface area contributed by atoms with Crippen LogP contribution >= 0.6 is 28.3 Å². The SMILES string of the molecule is CCOc1cc(Br)c(NC(=O)C2CCCC(N)C2)cc1OCC.Cl. The number of amides is 1. The summed E-state index contributed by atoms with van der Waals surface area (Å²) in [6, 6.07) is 3.76. The molecular formula is C17H26BrClN2O3. The van der Waals surface area contributed by atoms with Crippen molar-refractivity contribution in [2.75, 3.05) is 18.5 Å². The van der Waals surface area contributed by atoms with Crippen molar-refractivity contribution in [1.29, 1.82) is 0 Å². The molecule has 1 aromatic carbocycles. The van der Waals surface area contributed by atoms with E-state index >= 15 is 0 Å². The minimum absolute atomic E-state index is 0. The largest absolute Gasteiger partial charge is 0.490 e. The fourth-order valence-electron chi connectivity index (χ4n) is 2.87. The van der Waals surface area contributed by atoms with Crippen LogP contribution in [-0.2, 0) is 4.79 Å². The van der Waals surface area contributed by atoms with Crippen molar-refractivity contribution in [3.63, 3.8) is 0 Å². The number of halogens is 2. The fourth-order valence-corrected chi connectivity index (χ4v) is 3.29. The fraction of sp³-hybridized carbons (Fsp3) is 0.588. The van der Waals surface area contributed by atoms with Crippen molar-refractivity contribution in [2.24, 2.45) is 11.7 Å². The van der Waals surface area contributed by atoms with Gasteiger partial charge < -0.3 is 20.5 Å². The Morgan fingerprint density at radius 1 is 1.25 bits per heavy atom. The Hall–Kier alpha value is -0.980. The maximum atomic E-state index is 12.5. The van der Waals surface area contributed by atoms with E-state index in [2.05, 4.69) is 21.2 Å². The van der Waals surface area contributed by atoms with Gasteiger partial charge in [-0.2, -0.15) is 0 Å². The number of nitrogens with two attached hydrogens (primary N) is 1. The van der Waals surface area contributed by atoms with Crippen LogP contribution < -0.4 is 20.5 Å². The molecule has 0 saturated heterocycles. The topological polar surface area (TPSA) is 73.6 Å². The van der Waals surface area contributed by atoms with Crippen LogP contribution in [0.1, 0.15) is 39.5 Å². The maximum absolute atomic E-state index is 12.5. The zero-order valence-electron chi connectivity index (χ0n) is 14.1. The number of nitrogens with one attached hydrogen (secondary N) is 1. The third kappa shape index (κ3) is 5.53. The van der Waals surface area contributed by atoms with Crippen molar-refractivity contribution in [2.45, 2.75) is 45.6 Å². The van der Waals surface area contributed by atoms with Crippen molar-refractivity contribution in [3.05, 3.63) is 16.6 Å². The van der Waals surface area contributed by atoms with E-state index in [-0.39, 0.29) is 30.3 Å². The van der Waals surface area contributed by atoms with Gasteiger partial charge in [-0.25, -0.2) is 0 Å². The Morgan fingerprint density at radius 2 is 1.88 bits per heavy atom. The highest BCUT2D eigenvalue weighted by molar-refractivity contribution is 9.10. The standard InChI is InChI=1S/C17H25BrN2O3.ClH/c1-3-22-15-9-13(18)14(10-16(15)23-4-2)20-17(21)11-6-5-7-12(19)8-11;/h9-12H,3-8,19H2,1-2H3,(H,20,21);1H. The van der Waals surface area contributed by atoms with E-state index in [1.54, 1.807) is 6.07 Å². The van der Waals surface area contributed by atoms with Gasteiger partial charge >= 0.3 is 0 Å². The smallest absolute Gasteiger partial charge is 0.227 e. The Labute approximate surface area is 158 Å². The Kier molecular flexibility index (Phi) is 8.87. The van der Waals surface area contributed by atoms with E-state index in [1.165, 1.54) is 0 Å². The van der Waals surface area contributed by atoms with E-state index in [0.29, 0.717) is 30.4 Å². The number of benzene rings is 1. The van der Waals surface area contributed by atoms with Crippen molar-refractivity contribution in [1.82, 2.24) is 0 Å². The molecule has 0 spiro atoms. The van der Waals surface area contributed by atoms with E-state index in [1.807, 2.05) is 19.9 Å². The van der Waals surface area contributed by atoms with Gasteiger partial charge in [-0.05, 0) is 49.0 Å². The molecule has 3 N–H and O–H groups in total. The number of hydrogen-bond donors (Lipinski definition) is 2. The first-order chi connectivity index (χ1) is 11.0. The number of carbonyl (C=O) groups excluding carboxylic acids is 1. The van der Waals surface area contributed by atoms with Gasteiger partial charge in [0.25, 0.3) is 0 Å². The lowest BCUT2D eigenvalue weighted by Gasteiger charge is -2.26. The summed E-state index contributed by atoms with van der Waals surface area (Å²) in [5.41, 5.74) is 6.67. The second-order valence-corrected chi connectivity index (χ2v) is 6.61. The number of rotatable bonds is 6. The predicted molar refractivity (Wildman–Crippen MR) is 102 cm³/mol. The highest BCUT2D eigenvalue weighted by atomic mass is 79.9. The molecule has 5 nitrogen and oxygen atoms in total. The second-order valence-electron chi connectivity index (χ2n) is 5.76. The number of ether oxygens (including phenoxy) is 2. The first-order valence-electron chi connectivity index (χ1n) is 8.20. The molecule has 1 amide bonds. The van der Waals surface area contributed by atoms with Crippen LogP contribution in [0, 0.1) is 5.92 Å². The summed E-state index contributed by atoms with van der Waals surface area (Å²) in [6.07, 6.45) is 3.66. The van der Waals surface area contributed by atoms with Crippen LogP contribution in [0.2, 0.25) is 0 Å². The zero-order valence-corrected chi connectivity index (χ0v) is 16.5. The van der Waals surface area contributed by atoms with Gasteiger partial charge in [0.15, 0.2) is 11.5 Å². The molecule has 0 aliphatic heterocycles. The lowest BCUT2D eigenvalue weighted by Crippen LogP contribution is -2.34. The molecule has 2 unspecified atom stereocenters. The quantitative estimate of drug-likeness (QED) is 0.724. The lowest BCUT2D eigenvalue weighted by molar-refractivity contribution is -0.120. The molecule has 0 bridgehead atoms. The molecule has 2 rings (SSSR count). The third-order valence-electron chi connectivity index (χ3n) is 3.98. The zero-order chi connectivity index (χ0) is 16.8. The Morgan fingerprint density at radius 3 is 2.46 bits per heavy atom. The van der Waals surface area contributed by atoms with Crippen molar-refractivity contribution in [3.8, 4) is 11.5 Å². The monoisotopic (exact) mass is 420 g/mol. The summed E-state index contributed by atoms with van der Waals surface area (Å²) < 4.78 is 12.0. The molecular weight excluding hydrogens is 396 g/mol. The van der Waals surface area contributed by atoms with Crippen LogP contribution in [0.5, 0.6) is 11.5 Å². The third-order valence-corrected chi connectivity index (χ3v) is 4.63. The minimum atomic E-state index is -0.0206. The van der Waals surface area contributed by atoms with Gasteiger partial charge in [-0.1, -0.05) is 6.42 Å². The van der Waals surface area contributed by atoms with Gasteiger partial charge in [0.2, 0.25) is 5.91 Å². The van der Waals surface area contributed by atoms with E-state index in [4.69, 9.17) is 15.2 Å². The highest BCUT2D eigenvalue weighted by Gasteiger charge is 2.26. The van der Waals surface area contributed by atoms with Crippen LogP contribution in [0.15, 0.2) is 16.6 Å². The van der Waals surface area contributed by atoms with Crippen molar-refractivity contribution < 1.29 is 14.3 Å².